The predicted octanol–water partition coefficient (Wildman–Crippen LogP) is 2.73. The Kier molecular flexibility index (Phi) is 3.42. The molecule has 0 aliphatic heterocycles. The number of fused-ring (bicyclic) bond motifs is 3. The Balaban J connectivity index is 2.09. The first-order valence-corrected chi connectivity index (χ1v) is 8.38. The van der Waals surface area contributed by atoms with Gasteiger partial charge in [0.1, 0.15) is 16.7 Å². The van der Waals surface area contributed by atoms with Crippen LogP contribution in [0.5, 0.6) is 0 Å². The lowest BCUT2D eigenvalue weighted by Gasteiger charge is -2.20. The van der Waals surface area contributed by atoms with E-state index < -0.39 is 21.5 Å². The number of hydrogen-bond acceptors (Lipinski definition) is 4. The molecule has 0 bridgehead atoms. The molecule has 0 aliphatic carbocycles. The minimum atomic E-state index is -3.98. The first kappa shape index (κ1) is 15.5. The quantitative estimate of drug-likeness (QED) is 0.765. The van der Waals surface area contributed by atoms with E-state index in [1.165, 1.54) is 26.0 Å². The summed E-state index contributed by atoms with van der Waals surface area (Å²) in [6.45, 7) is 2.57. The van der Waals surface area contributed by atoms with Gasteiger partial charge in [0.15, 0.2) is 0 Å². The second-order valence-corrected chi connectivity index (χ2v) is 7.47. The van der Waals surface area contributed by atoms with E-state index in [0.717, 1.165) is 10.8 Å². The van der Waals surface area contributed by atoms with Gasteiger partial charge in [0.2, 0.25) is 10.0 Å². The van der Waals surface area contributed by atoms with Gasteiger partial charge in [-0.15, -0.1) is 0 Å². The van der Waals surface area contributed by atoms with Crippen molar-refractivity contribution in [3.63, 3.8) is 0 Å². The Labute approximate surface area is 132 Å². The van der Waals surface area contributed by atoms with Crippen LogP contribution < -0.4 is 4.72 Å². The molecular weight excluding hydrogens is 318 g/mol. The number of aliphatic carboxylic acids is 1. The maximum atomic E-state index is 12.4. The molecule has 0 radical (unpaired) electrons. The average Bonchev–Trinajstić information content (AvgIpc) is 2.83. The SMILES string of the molecule is CC(C)(NS(=O)(=O)c1ccc2c(c1)oc1ccccc12)C(=O)O. The molecule has 7 heteroatoms. The van der Waals surface area contributed by atoms with E-state index in [2.05, 4.69) is 4.72 Å². The highest BCUT2D eigenvalue weighted by Gasteiger charge is 2.33. The maximum absolute atomic E-state index is 12.4. The molecule has 0 spiro atoms. The molecule has 2 N–H and O–H groups in total. The van der Waals surface area contributed by atoms with Crippen LogP contribution in [0.25, 0.3) is 21.9 Å². The fourth-order valence-electron chi connectivity index (χ4n) is 2.31. The molecule has 0 amide bonds. The minimum absolute atomic E-state index is 0.0432. The Morgan fingerprint density at radius 1 is 1.09 bits per heavy atom. The van der Waals surface area contributed by atoms with Crippen LogP contribution in [0.3, 0.4) is 0 Å². The molecule has 0 unspecified atom stereocenters. The Morgan fingerprint density at radius 2 is 1.74 bits per heavy atom. The van der Waals surface area contributed by atoms with Crippen LogP contribution in [-0.2, 0) is 14.8 Å². The normalized spacial score (nSPS) is 12.8. The zero-order valence-electron chi connectivity index (χ0n) is 12.5. The van der Waals surface area contributed by atoms with Crippen LogP contribution in [0.1, 0.15) is 13.8 Å². The Morgan fingerprint density at radius 3 is 2.43 bits per heavy atom. The van der Waals surface area contributed by atoms with Crippen molar-refractivity contribution in [2.75, 3.05) is 0 Å². The van der Waals surface area contributed by atoms with Crippen molar-refractivity contribution in [3.05, 3.63) is 42.5 Å². The van der Waals surface area contributed by atoms with Gasteiger partial charge in [-0.25, -0.2) is 8.42 Å². The number of sulfonamides is 1. The lowest BCUT2D eigenvalue weighted by atomic mass is 10.1. The molecular formula is C16H15NO5S. The molecule has 3 rings (SSSR count). The number of carboxylic acids is 1. The average molecular weight is 333 g/mol. The summed E-state index contributed by atoms with van der Waals surface area (Å²) < 4.78 is 32.6. The highest BCUT2D eigenvalue weighted by atomic mass is 32.2. The summed E-state index contributed by atoms with van der Waals surface area (Å²) in [6.07, 6.45) is 0. The number of nitrogens with one attached hydrogen (secondary N) is 1. The number of hydrogen-bond donors (Lipinski definition) is 2. The van der Waals surface area contributed by atoms with Gasteiger partial charge in [0, 0.05) is 16.8 Å². The molecule has 1 aromatic heterocycles. The number of rotatable bonds is 4. The van der Waals surface area contributed by atoms with Gasteiger partial charge in [-0.05, 0) is 32.0 Å². The summed E-state index contributed by atoms with van der Waals surface area (Å²) in [4.78, 5) is 11.1. The van der Waals surface area contributed by atoms with Crippen LogP contribution in [0.15, 0.2) is 51.8 Å². The van der Waals surface area contributed by atoms with Crippen molar-refractivity contribution in [2.24, 2.45) is 0 Å². The summed E-state index contributed by atoms with van der Waals surface area (Å²) in [7, 11) is -3.98. The maximum Gasteiger partial charge on any atom is 0.324 e. The molecule has 0 atom stereocenters. The van der Waals surface area contributed by atoms with Crippen molar-refractivity contribution < 1.29 is 22.7 Å². The van der Waals surface area contributed by atoms with E-state index in [0.29, 0.717) is 11.2 Å². The standard InChI is InChI=1S/C16H15NO5S/c1-16(2,15(18)19)17-23(20,21)10-7-8-12-11-5-3-4-6-13(11)22-14(12)9-10/h3-9,17H,1-2H3,(H,18,19). The summed E-state index contributed by atoms with van der Waals surface area (Å²) in [5.41, 5.74) is -0.514. The highest BCUT2D eigenvalue weighted by molar-refractivity contribution is 7.89. The molecule has 0 aliphatic rings. The monoisotopic (exact) mass is 333 g/mol. The molecule has 2 aromatic carbocycles. The molecule has 1 heterocycles. The number of benzene rings is 2. The first-order valence-electron chi connectivity index (χ1n) is 6.89. The topological polar surface area (TPSA) is 96.6 Å². The molecule has 120 valence electrons. The molecule has 23 heavy (non-hydrogen) atoms. The molecule has 6 nitrogen and oxygen atoms in total. The summed E-state index contributed by atoms with van der Waals surface area (Å²) in [5.74, 6) is -1.26. The number of carbonyl (C=O) groups is 1. The third kappa shape index (κ3) is 2.69. The largest absolute Gasteiger partial charge is 0.480 e. The lowest BCUT2D eigenvalue weighted by molar-refractivity contribution is -0.142. The van der Waals surface area contributed by atoms with Crippen LogP contribution in [-0.4, -0.2) is 25.0 Å². The van der Waals surface area contributed by atoms with Crippen molar-refractivity contribution >= 4 is 37.9 Å². The zero-order valence-corrected chi connectivity index (χ0v) is 13.3. The molecule has 3 aromatic rings. The Bertz CT molecular complexity index is 1020. The summed E-state index contributed by atoms with van der Waals surface area (Å²) in [6, 6.07) is 11.9. The minimum Gasteiger partial charge on any atom is -0.480 e. The van der Waals surface area contributed by atoms with Gasteiger partial charge in [-0.3, -0.25) is 4.79 Å². The fourth-order valence-corrected chi connectivity index (χ4v) is 3.70. The van der Waals surface area contributed by atoms with Gasteiger partial charge in [-0.2, -0.15) is 4.72 Å². The fraction of sp³-hybridized carbons (Fsp3) is 0.188. The predicted molar refractivity (Wildman–Crippen MR) is 85.8 cm³/mol. The Hall–Kier alpha value is -2.38. The lowest BCUT2D eigenvalue weighted by Crippen LogP contribution is -2.49. The second kappa shape index (κ2) is 5.07. The second-order valence-electron chi connectivity index (χ2n) is 5.79. The van der Waals surface area contributed by atoms with E-state index in [-0.39, 0.29) is 4.90 Å². The van der Waals surface area contributed by atoms with E-state index >= 15 is 0 Å². The van der Waals surface area contributed by atoms with Gasteiger partial charge in [0.05, 0.1) is 4.90 Å². The van der Waals surface area contributed by atoms with Crippen molar-refractivity contribution in [1.82, 2.24) is 4.72 Å². The van der Waals surface area contributed by atoms with Crippen LogP contribution >= 0.6 is 0 Å². The third-order valence-electron chi connectivity index (χ3n) is 3.58. The number of carboxylic acid groups (broad SMARTS) is 1. The van der Waals surface area contributed by atoms with Gasteiger partial charge in [-0.1, -0.05) is 18.2 Å². The number of furan rings is 1. The van der Waals surface area contributed by atoms with Crippen LogP contribution in [0.2, 0.25) is 0 Å². The van der Waals surface area contributed by atoms with E-state index in [1.807, 2.05) is 18.2 Å². The number of para-hydroxylation sites is 1. The van der Waals surface area contributed by atoms with E-state index in [9.17, 15) is 13.2 Å². The van der Waals surface area contributed by atoms with Crippen molar-refractivity contribution in [1.29, 1.82) is 0 Å². The van der Waals surface area contributed by atoms with Crippen molar-refractivity contribution in [2.45, 2.75) is 24.3 Å². The molecule has 0 saturated carbocycles. The summed E-state index contributed by atoms with van der Waals surface area (Å²) >= 11 is 0. The van der Waals surface area contributed by atoms with E-state index in [1.54, 1.807) is 12.1 Å². The molecule has 0 fully saturated rings. The van der Waals surface area contributed by atoms with Gasteiger partial charge in [0.25, 0.3) is 0 Å². The van der Waals surface area contributed by atoms with Crippen molar-refractivity contribution in [3.8, 4) is 0 Å². The molecule has 0 saturated heterocycles. The van der Waals surface area contributed by atoms with Gasteiger partial charge >= 0.3 is 5.97 Å². The van der Waals surface area contributed by atoms with Crippen LogP contribution in [0.4, 0.5) is 0 Å². The third-order valence-corrected chi connectivity index (χ3v) is 5.24. The van der Waals surface area contributed by atoms with Gasteiger partial charge < -0.3 is 9.52 Å². The first-order chi connectivity index (χ1) is 10.7. The highest BCUT2D eigenvalue weighted by Crippen LogP contribution is 2.30. The van der Waals surface area contributed by atoms with E-state index in [4.69, 9.17) is 9.52 Å². The summed E-state index contributed by atoms with van der Waals surface area (Å²) in [5, 5.41) is 10.8. The van der Waals surface area contributed by atoms with Crippen LogP contribution in [0, 0.1) is 0 Å². The smallest absolute Gasteiger partial charge is 0.324 e. The zero-order chi connectivity index (χ0) is 16.8.